The summed E-state index contributed by atoms with van der Waals surface area (Å²) in [5.74, 6) is -0.388. The van der Waals surface area contributed by atoms with Gasteiger partial charge in [-0.05, 0) is 32.0 Å². The van der Waals surface area contributed by atoms with E-state index in [-0.39, 0.29) is 17.9 Å². The summed E-state index contributed by atoms with van der Waals surface area (Å²) in [6.07, 6.45) is 0. The second-order valence-electron chi connectivity index (χ2n) is 4.28. The molecule has 1 N–H and O–H groups in total. The van der Waals surface area contributed by atoms with Crippen molar-refractivity contribution < 1.29 is 9.53 Å². The fourth-order valence-corrected chi connectivity index (χ4v) is 2.44. The number of hydrogen-bond acceptors (Lipinski definition) is 5. The molecule has 0 spiro atoms. The van der Waals surface area contributed by atoms with E-state index >= 15 is 0 Å². The number of nitrogens with one attached hydrogen (secondary N) is 1. The minimum Gasteiger partial charge on any atom is -0.469 e. The molecule has 2 unspecified atom stereocenters. The number of ether oxygens (including phenoxy) is 1. The van der Waals surface area contributed by atoms with E-state index in [4.69, 9.17) is 4.74 Å². The molecule has 0 aliphatic rings. The largest absolute Gasteiger partial charge is 0.469 e. The molecular formula is C13H16N2O2S. The van der Waals surface area contributed by atoms with Gasteiger partial charge in [0, 0.05) is 11.7 Å². The fraction of sp³-hybridized carbons (Fsp3) is 0.385. The fourth-order valence-electron chi connectivity index (χ4n) is 1.72. The van der Waals surface area contributed by atoms with Gasteiger partial charge < -0.3 is 10.1 Å². The van der Waals surface area contributed by atoms with Gasteiger partial charge in [0.1, 0.15) is 0 Å². The molecule has 0 aliphatic carbocycles. The van der Waals surface area contributed by atoms with E-state index in [1.54, 1.807) is 11.3 Å². The number of anilines is 1. The Kier molecular flexibility index (Phi) is 3.81. The molecule has 96 valence electrons. The molecule has 1 heterocycles. The lowest BCUT2D eigenvalue weighted by molar-refractivity contribution is -0.145. The molecule has 0 radical (unpaired) electrons. The van der Waals surface area contributed by atoms with Crippen LogP contribution < -0.4 is 5.32 Å². The number of fused-ring (bicyclic) bond motifs is 1. The highest BCUT2D eigenvalue weighted by molar-refractivity contribution is 7.16. The molecule has 18 heavy (non-hydrogen) atoms. The predicted molar refractivity (Wildman–Crippen MR) is 73.9 cm³/mol. The van der Waals surface area contributed by atoms with Gasteiger partial charge in [-0.1, -0.05) is 0 Å². The number of rotatable bonds is 4. The molecule has 0 fully saturated rings. The smallest absolute Gasteiger partial charge is 0.310 e. The van der Waals surface area contributed by atoms with Gasteiger partial charge in [-0.3, -0.25) is 4.79 Å². The van der Waals surface area contributed by atoms with Gasteiger partial charge in [0.15, 0.2) is 0 Å². The summed E-state index contributed by atoms with van der Waals surface area (Å²) in [7, 11) is 1.41. The van der Waals surface area contributed by atoms with Crippen molar-refractivity contribution >= 4 is 33.2 Å². The van der Waals surface area contributed by atoms with Crippen molar-refractivity contribution in [2.45, 2.75) is 19.9 Å². The molecule has 2 rings (SSSR count). The zero-order valence-corrected chi connectivity index (χ0v) is 11.5. The number of methoxy groups -OCH3 is 1. The molecule has 0 saturated carbocycles. The lowest BCUT2D eigenvalue weighted by atomic mass is 10.0. The van der Waals surface area contributed by atoms with Gasteiger partial charge in [-0.15, -0.1) is 11.3 Å². The molecule has 1 aromatic carbocycles. The van der Waals surface area contributed by atoms with Crippen LogP contribution in [0.4, 0.5) is 5.69 Å². The maximum absolute atomic E-state index is 11.4. The van der Waals surface area contributed by atoms with Crippen molar-refractivity contribution in [2.24, 2.45) is 5.92 Å². The van der Waals surface area contributed by atoms with E-state index < -0.39 is 0 Å². The Morgan fingerprint density at radius 1 is 1.44 bits per heavy atom. The Bertz CT molecular complexity index is 553. The third-order valence-electron chi connectivity index (χ3n) is 3.05. The van der Waals surface area contributed by atoms with Crippen LogP contribution in [0.25, 0.3) is 10.2 Å². The standard InChI is InChI=1S/C13H16N2O2S/c1-8(13(16)17-3)9(2)15-10-4-5-11-12(6-10)18-7-14-11/h4-9,15H,1-3H3. The Morgan fingerprint density at radius 2 is 2.22 bits per heavy atom. The SMILES string of the molecule is COC(=O)C(C)C(C)Nc1ccc2ncsc2c1. The summed E-state index contributed by atoms with van der Waals surface area (Å²) in [5, 5.41) is 3.32. The number of aromatic nitrogens is 1. The monoisotopic (exact) mass is 264 g/mol. The lowest BCUT2D eigenvalue weighted by Gasteiger charge is -2.20. The second kappa shape index (κ2) is 5.35. The quantitative estimate of drug-likeness (QED) is 0.863. The molecule has 2 atom stereocenters. The van der Waals surface area contributed by atoms with Gasteiger partial charge in [-0.2, -0.15) is 0 Å². The van der Waals surface area contributed by atoms with Gasteiger partial charge in [0.05, 0.1) is 28.8 Å². The molecule has 4 nitrogen and oxygen atoms in total. The van der Waals surface area contributed by atoms with E-state index in [1.165, 1.54) is 7.11 Å². The maximum atomic E-state index is 11.4. The zero-order valence-electron chi connectivity index (χ0n) is 10.6. The summed E-state index contributed by atoms with van der Waals surface area (Å²) in [6.45, 7) is 3.83. The third-order valence-corrected chi connectivity index (χ3v) is 3.84. The predicted octanol–water partition coefficient (Wildman–Crippen LogP) is 2.91. The first-order chi connectivity index (χ1) is 8.61. The second-order valence-corrected chi connectivity index (χ2v) is 5.17. The van der Waals surface area contributed by atoms with E-state index in [0.717, 1.165) is 15.9 Å². The van der Waals surface area contributed by atoms with Crippen molar-refractivity contribution in [2.75, 3.05) is 12.4 Å². The molecule has 0 amide bonds. The average molecular weight is 264 g/mol. The first-order valence-corrected chi connectivity index (χ1v) is 6.67. The molecule has 0 bridgehead atoms. The van der Waals surface area contributed by atoms with Gasteiger partial charge >= 0.3 is 5.97 Å². The van der Waals surface area contributed by atoms with Crippen molar-refractivity contribution in [1.29, 1.82) is 0 Å². The summed E-state index contributed by atoms with van der Waals surface area (Å²) in [5.41, 5.74) is 3.82. The number of benzene rings is 1. The molecule has 0 saturated heterocycles. The number of esters is 1. The van der Waals surface area contributed by atoms with Gasteiger partial charge in [-0.25, -0.2) is 4.98 Å². The van der Waals surface area contributed by atoms with E-state index in [2.05, 4.69) is 10.3 Å². The number of hydrogen-bond donors (Lipinski definition) is 1. The Labute approximate surface area is 110 Å². The number of thiazole rings is 1. The zero-order chi connectivity index (χ0) is 13.1. The van der Waals surface area contributed by atoms with Crippen molar-refractivity contribution in [3.63, 3.8) is 0 Å². The molecule has 2 aromatic rings. The molecule has 0 aliphatic heterocycles. The minimum absolute atomic E-state index is 0.0165. The summed E-state index contributed by atoms with van der Waals surface area (Å²) in [4.78, 5) is 15.7. The Morgan fingerprint density at radius 3 is 2.94 bits per heavy atom. The summed E-state index contributed by atoms with van der Waals surface area (Å²) in [6, 6.07) is 6.02. The Hall–Kier alpha value is -1.62. The normalized spacial score (nSPS) is 14.2. The van der Waals surface area contributed by atoms with Crippen LogP contribution in [0.3, 0.4) is 0 Å². The van der Waals surface area contributed by atoms with Crippen molar-refractivity contribution in [3.8, 4) is 0 Å². The van der Waals surface area contributed by atoms with Gasteiger partial charge in [0.25, 0.3) is 0 Å². The van der Waals surface area contributed by atoms with E-state index in [9.17, 15) is 4.79 Å². The van der Waals surface area contributed by atoms with Gasteiger partial charge in [0.2, 0.25) is 0 Å². The minimum atomic E-state index is -0.200. The lowest BCUT2D eigenvalue weighted by Crippen LogP contribution is -2.30. The molecular weight excluding hydrogens is 248 g/mol. The molecule has 5 heteroatoms. The third kappa shape index (κ3) is 2.61. The molecule has 1 aromatic heterocycles. The summed E-state index contributed by atoms with van der Waals surface area (Å²) < 4.78 is 5.88. The van der Waals surface area contributed by atoms with Crippen LogP contribution in [0.5, 0.6) is 0 Å². The number of carbonyl (C=O) groups is 1. The van der Waals surface area contributed by atoms with Crippen LogP contribution in [0.15, 0.2) is 23.7 Å². The Balaban J connectivity index is 2.10. The van der Waals surface area contributed by atoms with E-state index in [1.807, 2.05) is 37.6 Å². The van der Waals surface area contributed by atoms with Crippen molar-refractivity contribution in [3.05, 3.63) is 23.7 Å². The highest BCUT2D eigenvalue weighted by Crippen LogP contribution is 2.23. The van der Waals surface area contributed by atoms with Crippen LogP contribution in [0, 0.1) is 5.92 Å². The average Bonchev–Trinajstić information content (AvgIpc) is 2.84. The first kappa shape index (κ1) is 12.8. The topological polar surface area (TPSA) is 51.2 Å². The number of nitrogens with zero attached hydrogens (tertiary/aromatic N) is 1. The van der Waals surface area contributed by atoms with E-state index in [0.29, 0.717) is 0 Å². The van der Waals surface area contributed by atoms with Crippen molar-refractivity contribution in [1.82, 2.24) is 4.98 Å². The van der Waals surface area contributed by atoms with Crippen LogP contribution >= 0.6 is 11.3 Å². The maximum Gasteiger partial charge on any atom is 0.310 e. The highest BCUT2D eigenvalue weighted by Gasteiger charge is 2.20. The van der Waals surface area contributed by atoms with Crippen LogP contribution in [-0.2, 0) is 9.53 Å². The van der Waals surface area contributed by atoms with Crippen LogP contribution in [0.1, 0.15) is 13.8 Å². The highest BCUT2D eigenvalue weighted by atomic mass is 32.1. The number of carbonyl (C=O) groups excluding carboxylic acids is 1. The first-order valence-electron chi connectivity index (χ1n) is 5.79. The van der Waals surface area contributed by atoms with Crippen LogP contribution in [0.2, 0.25) is 0 Å². The summed E-state index contributed by atoms with van der Waals surface area (Å²) >= 11 is 1.61. The van der Waals surface area contributed by atoms with Crippen LogP contribution in [-0.4, -0.2) is 24.1 Å².